The van der Waals surface area contributed by atoms with Gasteiger partial charge < -0.3 is 40.3 Å². The Morgan fingerprint density at radius 2 is 1.47 bits per heavy atom. The highest BCUT2D eigenvalue weighted by molar-refractivity contribution is 8.54. The average Bonchev–Trinajstić information content (AvgIpc) is 4.10. The summed E-state index contributed by atoms with van der Waals surface area (Å²) in [6.07, 6.45) is -1.57. The number of nitro groups is 1. The molecular formula is C47H48N9O12PS. The van der Waals surface area contributed by atoms with Crippen LogP contribution in [-0.2, 0) is 39.2 Å². The molecule has 2 fully saturated rings. The summed E-state index contributed by atoms with van der Waals surface area (Å²) in [5.41, 5.74) is 13.4. The van der Waals surface area contributed by atoms with Crippen molar-refractivity contribution in [1.29, 1.82) is 0 Å². The van der Waals surface area contributed by atoms with E-state index in [1.165, 1.54) is 41.6 Å². The van der Waals surface area contributed by atoms with Crippen molar-refractivity contribution >= 4 is 46.7 Å². The topological polar surface area (TPSA) is 276 Å². The number of hydrogen-bond acceptors (Lipinski definition) is 19. The molecule has 7 aromatic rings. The molecule has 1 unspecified atom stereocenters. The third kappa shape index (κ3) is 10.1. The fourth-order valence-electron chi connectivity index (χ4n) is 8.47. The number of aromatic nitrogens is 6. The molecule has 2 saturated heterocycles. The number of aliphatic hydroxyl groups excluding tert-OH is 1. The maximum atomic E-state index is 15.4. The Hall–Kier alpha value is -6.75. The SMILES string of the molecule is COc1ccc(C(OC[C@H]2O[C@@H](n3cnc4c(N)ncnc43)C[C@@H]2OP(=O)(OC[C@H]2O[C@@H](n3ccc(N)nc3=O)C[C@@H]2O)SCc2ccc([N+](=O)[O-])cc2)(c2ccccc2)c2ccc(OC)cc2)cc1. The van der Waals surface area contributed by atoms with Crippen LogP contribution in [0.1, 0.15) is 47.6 Å². The van der Waals surface area contributed by atoms with Crippen molar-refractivity contribution in [1.82, 2.24) is 29.1 Å². The van der Waals surface area contributed by atoms with Crippen LogP contribution >= 0.6 is 18.2 Å². The van der Waals surface area contributed by atoms with Crippen LogP contribution in [0.5, 0.6) is 11.5 Å². The van der Waals surface area contributed by atoms with Crippen LogP contribution in [0.2, 0.25) is 0 Å². The van der Waals surface area contributed by atoms with E-state index in [9.17, 15) is 20.0 Å². The van der Waals surface area contributed by atoms with Crippen LogP contribution in [0.3, 0.4) is 0 Å². The van der Waals surface area contributed by atoms with Crippen molar-refractivity contribution < 1.29 is 47.3 Å². The number of nitrogen functional groups attached to an aromatic ring is 2. The Morgan fingerprint density at radius 1 is 0.829 bits per heavy atom. The smallest absolute Gasteiger partial charge is 0.389 e. The van der Waals surface area contributed by atoms with E-state index < -0.39 is 66.5 Å². The number of hydrogen-bond donors (Lipinski definition) is 3. The van der Waals surface area contributed by atoms with Crippen molar-refractivity contribution in [2.75, 3.05) is 38.9 Å². The van der Waals surface area contributed by atoms with Crippen molar-refractivity contribution in [2.24, 2.45) is 0 Å². The monoisotopic (exact) mass is 993 g/mol. The lowest BCUT2D eigenvalue weighted by atomic mass is 9.80. The third-order valence-electron chi connectivity index (χ3n) is 12.1. The maximum Gasteiger partial charge on any atom is 0.389 e. The summed E-state index contributed by atoms with van der Waals surface area (Å²) in [6.45, 7) is -4.92. The average molecular weight is 994 g/mol. The van der Waals surface area contributed by atoms with Crippen molar-refractivity contribution in [2.45, 2.75) is 61.1 Å². The quantitative estimate of drug-likeness (QED) is 0.0335. The highest BCUT2D eigenvalue weighted by atomic mass is 32.7. The summed E-state index contributed by atoms with van der Waals surface area (Å²) in [4.78, 5) is 40.4. The van der Waals surface area contributed by atoms with Crippen LogP contribution in [0, 0.1) is 10.1 Å². The first-order valence-corrected chi connectivity index (χ1v) is 25.1. The zero-order chi connectivity index (χ0) is 49.0. The van der Waals surface area contributed by atoms with Gasteiger partial charge in [-0.3, -0.25) is 28.3 Å². The zero-order valence-electron chi connectivity index (χ0n) is 37.7. The zero-order valence-corrected chi connectivity index (χ0v) is 39.4. The third-order valence-corrected chi connectivity index (χ3v) is 15.8. The highest BCUT2D eigenvalue weighted by Crippen LogP contribution is 2.64. The van der Waals surface area contributed by atoms with Crippen molar-refractivity contribution in [3.63, 3.8) is 0 Å². The van der Waals surface area contributed by atoms with Gasteiger partial charge in [0.15, 0.2) is 11.5 Å². The van der Waals surface area contributed by atoms with Crippen molar-refractivity contribution in [3.8, 4) is 11.5 Å². The van der Waals surface area contributed by atoms with Crippen molar-refractivity contribution in [3.05, 3.63) is 171 Å². The predicted molar refractivity (Wildman–Crippen MR) is 257 cm³/mol. The van der Waals surface area contributed by atoms with Gasteiger partial charge in [0, 0.05) is 36.9 Å². The predicted octanol–water partition coefficient (Wildman–Crippen LogP) is 6.56. The Balaban J connectivity index is 1.07. The lowest BCUT2D eigenvalue weighted by Crippen LogP contribution is -2.38. The molecule has 0 radical (unpaired) electrons. The second-order valence-corrected chi connectivity index (χ2v) is 20.3. The van der Waals surface area contributed by atoms with E-state index in [1.807, 2.05) is 78.9 Å². The van der Waals surface area contributed by atoms with Crippen LogP contribution < -0.4 is 26.6 Å². The maximum absolute atomic E-state index is 15.4. The molecule has 70 heavy (non-hydrogen) atoms. The van der Waals surface area contributed by atoms with Gasteiger partial charge >= 0.3 is 12.5 Å². The number of aliphatic hydroxyl groups is 1. The summed E-state index contributed by atoms with van der Waals surface area (Å²) in [5.74, 6) is 1.49. The highest BCUT2D eigenvalue weighted by Gasteiger charge is 2.47. The molecule has 9 rings (SSSR count). The van der Waals surface area contributed by atoms with Crippen LogP contribution in [0.4, 0.5) is 17.3 Å². The number of nitrogens with two attached hydrogens (primary N) is 2. The first-order chi connectivity index (χ1) is 33.9. The van der Waals surface area contributed by atoms with E-state index in [4.69, 9.17) is 44.2 Å². The molecule has 3 aromatic heterocycles. The second-order valence-electron chi connectivity index (χ2n) is 16.3. The molecule has 0 aliphatic carbocycles. The minimum Gasteiger partial charge on any atom is -0.497 e. The molecule has 5 N–H and O–H groups in total. The lowest BCUT2D eigenvalue weighted by Gasteiger charge is -2.37. The van der Waals surface area contributed by atoms with E-state index >= 15 is 4.57 Å². The van der Waals surface area contributed by atoms with Crippen LogP contribution in [0.15, 0.2) is 133 Å². The van der Waals surface area contributed by atoms with Crippen LogP contribution in [-0.4, -0.2) is 90.9 Å². The first kappa shape index (κ1) is 48.3. The molecular weight excluding hydrogens is 946 g/mol. The van der Waals surface area contributed by atoms with E-state index in [2.05, 4.69) is 19.9 Å². The number of imidazole rings is 1. The Bertz CT molecular complexity index is 2990. The molecule has 23 heteroatoms. The molecule has 21 nitrogen and oxygen atoms in total. The number of nitro benzene ring substituents is 1. The fourth-order valence-corrected chi connectivity index (χ4v) is 11.9. The van der Waals surface area contributed by atoms with Gasteiger partial charge in [-0.05, 0) is 64.0 Å². The van der Waals surface area contributed by atoms with E-state index in [-0.39, 0.29) is 42.5 Å². The normalized spacial score (nSPS) is 21.1. The van der Waals surface area contributed by atoms with Gasteiger partial charge in [-0.25, -0.2) is 24.3 Å². The standard InChI is InChI=1S/C47H48N9O12PS/c1-62-34-16-10-31(11-17-34)47(30-6-4-3-5-7-30,32-12-18-35(63-2)19-13-32)64-24-39-37(23-42(67-39)55-28-52-43-44(49)50-27-51-45(43)55)68-69(61,70-26-29-8-14-33(15-9-29)56(59)60)65-25-38-36(57)22-41(66-38)54-21-20-40(48)53-46(54)58/h3-21,27-28,36-39,41-42,57H,22-26H2,1-2H3,(H2,48,53,58)(H2,49,50,51)/t36-,37-,38+,39+,41+,42+,69?/m0/s1. The van der Waals surface area contributed by atoms with Gasteiger partial charge in [-0.1, -0.05) is 66.7 Å². The Kier molecular flexibility index (Phi) is 14.3. The van der Waals surface area contributed by atoms with E-state index in [0.717, 1.165) is 28.1 Å². The summed E-state index contributed by atoms with van der Waals surface area (Å²) in [6, 6.07) is 32.0. The number of methoxy groups -OCH3 is 2. The molecule has 0 bridgehead atoms. The Labute approximate surface area is 404 Å². The molecule has 7 atom stereocenters. The molecule has 2 aliphatic heterocycles. The van der Waals surface area contributed by atoms with Gasteiger partial charge in [-0.15, -0.1) is 0 Å². The number of fused-ring (bicyclic) bond motifs is 1. The summed E-state index contributed by atoms with van der Waals surface area (Å²) in [5, 5.41) is 22.6. The molecule has 0 amide bonds. The summed E-state index contributed by atoms with van der Waals surface area (Å²) < 4.78 is 62.5. The molecule has 2 aliphatic rings. The second kappa shape index (κ2) is 20.7. The minimum atomic E-state index is -4.34. The number of ether oxygens (including phenoxy) is 5. The molecule has 5 heterocycles. The first-order valence-electron chi connectivity index (χ1n) is 21.9. The van der Waals surface area contributed by atoms with Gasteiger partial charge in [0.1, 0.15) is 65.5 Å². The Morgan fingerprint density at radius 3 is 2.11 bits per heavy atom. The van der Waals surface area contributed by atoms with Gasteiger partial charge in [0.2, 0.25) is 0 Å². The fraction of sp³-hybridized carbons (Fsp3) is 0.298. The number of benzene rings is 4. The number of nitrogens with zero attached hydrogens (tertiary/aromatic N) is 7. The number of rotatable bonds is 19. The minimum absolute atomic E-state index is 0.00330. The van der Waals surface area contributed by atoms with Gasteiger partial charge in [0.05, 0.1) is 44.8 Å². The summed E-state index contributed by atoms with van der Waals surface area (Å²) >= 11 is 0.839. The molecule has 364 valence electrons. The largest absolute Gasteiger partial charge is 0.497 e. The molecule has 4 aromatic carbocycles. The molecule has 0 spiro atoms. The van der Waals surface area contributed by atoms with Gasteiger partial charge in [0.25, 0.3) is 5.69 Å². The van der Waals surface area contributed by atoms with E-state index in [1.54, 1.807) is 30.9 Å². The lowest BCUT2D eigenvalue weighted by molar-refractivity contribution is -0.384. The van der Waals surface area contributed by atoms with Crippen LogP contribution in [0.25, 0.3) is 11.2 Å². The number of non-ortho nitro benzene ring substituents is 1. The van der Waals surface area contributed by atoms with E-state index in [0.29, 0.717) is 28.2 Å². The van der Waals surface area contributed by atoms with Gasteiger partial charge in [-0.2, -0.15) is 4.98 Å². The molecule has 0 saturated carbocycles. The summed E-state index contributed by atoms with van der Waals surface area (Å²) in [7, 11) is 3.18. The number of anilines is 2.